The molecule has 0 radical (unpaired) electrons. The molecule has 1 atom stereocenters. The van der Waals surface area contributed by atoms with Gasteiger partial charge in [0, 0.05) is 12.1 Å². The molecule has 2 N–H and O–H groups in total. The molecule has 1 aromatic carbocycles. The van der Waals surface area contributed by atoms with Gasteiger partial charge in [0.05, 0.1) is 6.26 Å². The molecule has 0 aliphatic carbocycles. The van der Waals surface area contributed by atoms with E-state index in [0.29, 0.717) is 24.8 Å². The van der Waals surface area contributed by atoms with Crippen LogP contribution >= 0.6 is 0 Å². The minimum atomic E-state index is -0.174. The predicted octanol–water partition coefficient (Wildman–Crippen LogP) is 2.59. The van der Waals surface area contributed by atoms with Crippen LogP contribution in [0.3, 0.4) is 0 Å². The maximum atomic E-state index is 12.2. The van der Waals surface area contributed by atoms with E-state index < -0.39 is 0 Å². The fourth-order valence-electron chi connectivity index (χ4n) is 2.76. The topological polar surface area (TPSA) is 63.5 Å². The van der Waals surface area contributed by atoms with Crippen molar-refractivity contribution in [1.82, 2.24) is 10.6 Å². The first-order valence-electron chi connectivity index (χ1n) is 8.06. The summed E-state index contributed by atoms with van der Waals surface area (Å²) < 4.78 is 11.0. The van der Waals surface area contributed by atoms with Crippen molar-refractivity contribution in [2.45, 2.75) is 19.4 Å². The number of nitrogens with one attached hydrogen (secondary N) is 2. The second-order valence-corrected chi connectivity index (χ2v) is 5.78. The Kier molecular flexibility index (Phi) is 5.32. The third-order valence-corrected chi connectivity index (χ3v) is 4.09. The Morgan fingerprint density at radius 1 is 1.30 bits per heavy atom. The molecule has 1 fully saturated rings. The Balaban J connectivity index is 1.49. The zero-order valence-electron chi connectivity index (χ0n) is 13.1. The van der Waals surface area contributed by atoms with E-state index in [0.717, 1.165) is 30.8 Å². The van der Waals surface area contributed by atoms with Gasteiger partial charge in [0.2, 0.25) is 0 Å². The van der Waals surface area contributed by atoms with Crippen LogP contribution in [0.1, 0.15) is 29.0 Å². The Morgan fingerprint density at radius 2 is 2.17 bits per heavy atom. The fraction of sp³-hybridized carbons (Fsp3) is 0.389. The molecule has 2 aromatic rings. The van der Waals surface area contributed by atoms with Crippen LogP contribution in [0.2, 0.25) is 0 Å². The number of benzene rings is 1. The molecule has 1 amide bonds. The van der Waals surface area contributed by atoms with E-state index in [1.807, 2.05) is 30.3 Å². The van der Waals surface area contributed by atoms with Crippen molar-refractivity contribution in [3.63, 3.8) is 0 Å². The van der Waals surface area contributed by atoms with Gasteiger partial charge in [-0.25, -0.2) is 0 Å². The molecule has 23 heavy (non-hydrogen) atoms. The van der Waals surface area contributed by atoms with E-state index in [1.165, 1.54) is 12.7 Å². The van der Waals surface area contributed by atoms with Crippen LogP contribution in [0.4, 0.5) is 0 Å². The zero-order chi connectivity index (χ0) is 15.9. The average Bonchev–Trinajstić information content (AvgIpc) is 3.25. The lowest BCUT2D eigenvalue weighted by molar-refractivity contribution is 0.0920. The lowest BCUT2D eigenvalue weighted by Gasteiger charge is -2.09. The highest BCUT2D eigenvalue weighted by molar-refractivity contribution is 5.92. The van der Waals surface area contributed by atoms with Gasteiger partial charge >= 0.3 is 0 Å². The number of para-hydroxylation sites is 1. The maximum absolute atomic E-state index is 12.2. The van der Waals surface area contributed by atoms with Gasteiger partial charge in [-0.1, -0.05) is 18.2 Å². The van der Waals surface area contributed by atoms with Crippen molar-refractivity contribution >= 4 is 5.91 Å². The molecule has 1 aliphatic rings. The molecule has 1 unspecified atom stereocenters. The molecule has 0 bridgehead atoms. The summed E-state index contributed by atoms with van der Waals surface area (Å²) in [5.74, 6) is 1.60. The number of rotatable bonds is 7. The van der Waals surface area contributed by atoms with Gasteiger partial charge in [-0.3, -0.25) is 4.79 Å². The second kappa shape index (κ2) is 7.83. The van der Waals surface area contributed by atoms with Crippen molar-refractivity contribution in [2.24, 2.45) is 5.92 Å². The standard InChI is InChI=1S/C18H22N2O3/c21-18(20-10-7-14-6-9-19-12-14)17-15(8-11-22-17)13-23-16-4-2-1-3-5-16/h1-5,8,11,14,19H,6-7,9-10,12-13H2,(H,20,21). The van der Waals surface area contributed by atoms with Crippen LogP contribution < -0.4 is 15.4 Å². The SMILES string of the molecule is O=C(NCCC1CCNC1)c1occc1COc1ccccc1. The van der Waals surface area contributed by atoms with Gasteiger partial charge < -0.3 is 19.8 Å². The number of carbonyl (C=O) groups is 1. The van der Waals surface area contributed by atoms with Crippen LogP contribution in [0.5, 0.6) is 5.75 Å². The third-order valence-electron chi connectivity index (χ3n) is 4.09. The van der Waals surface area contributed by atoms with Crippen LogP contribution in [0, 0.1) is 5.92 Å². The van der Waals surface area contributed by atoms with Crippen LogP contribution in [0.25, 0.3) is 0 Å². The van der Waals surface area contributed by atoms with E-state index >= 15 is 0 Å². The number of hydrogen-bond donors (Lipinski definition) is 2. The zero-order valence-corrected chi connectivity index (χ0v) is 13.1. The Hall–Kier alpha value is -2.27. The maximum Gasteiger partial charge on any atom is 0.287 e. The summed E-state index contributed by atoms with van der Waals surface area (Å²) >= 11 is 0. The normalized spacial score (nSPS) is 17.1. The van der Waals surface area contributed by atoms with E-state index in [2.05, 4.69) is 10.6 Å². The Labute approximate surface area is 136 Å². The minimum absolute atomic E-state index is 0.174. The minimum Gasteiger partial charge on any atom is -0.489 e. The van der Waals surface area contributed by atoms with Gasteiger partial charge in [-0.2, -0.15) is 0 Å². The number of hydrogen-bond acceptors (Lipinski definition) is 4. The summed E-state index contributed by atoms with van der Waals surface area (Å²) in [6, 6.07) is 11.3. The third kappa shape index (κ3) is 4.36. The molecule has 5 heteroatoms. The first kappa shape index (κ1) is 15.6. The molecular formula is C18H22N2O3. The van der Waals surface area contributed by atoms with Crippen LogP contribution in [-0.4, -0.2) is 25.5 Å². The largest absolute Gasteiger partial charge is 0.489 e. The summed E-state index contributed by atoms with van der Waals surface area (Å²) in [6.45, 7) is 3.12. The van der Waals surface area contributed by atoms with Gasteiger partial charge in [0.15, 0.2) is 5.76 Å². The average molecular weight is 314 g/mol. The summed E-state index contributed by atoms with van der Waals surface area (Å²) in [7, 11) is 0. The molecule has 1 saturated heterocycles. The lowest BCUT2D eigenvalue weighted by atomic mass is 10.1. The first-order valence-corrected chi connectivity index (χ1v) is 8.06. The highest BCUT2D eigenvalue weighted by atomic mass is 16.5. The number of ether oxygens (including phenoxy) is 1. The Bertz CT molecular complexity index is 618. The quantitative estimate of drug-likeness (QED) is 0.824. The summed E-state index contributed by atoms with van der Waals surface area (Å²) in [5.41, 5.74) is 0.758. The van der Waals surface area contributed by atoms with Crippen LogP contribution in [-0.2, 0) is 6.61 Å². The number of amides is 1. The smallest absolute Gasteiger partial charge is 0.287 e. The van der Waals surface area contributed by atoms with Gasteiger partial charge in [-0.05, 0) is 50.0 Å². The molecule has 122 valence electrons. The monoisotopic (exact) mass is 314 g/mol. The molecule has 3 rings (SSSR count). The van der Waals surface area contributed by atoms with Crippen LogP contribution in [0.15, 0.2) is 47.1 Å². The van der Waals surface area contributed by atoms with Crippen molar-refractivity contribution in [2.75, 3.05) is 19.6 Å². The molecule has 0 spiro atoms. The van der Waals surface area contributed by atoms with Gasteiger partial charge in [0.25, 0.3) is 5.91 Å². The van der Waals surface area contributed by atoms with Crippen molar-refractivity contribution in [1.29, 1.82) is 0 Å². The predicted molar refractivity (Wildman–Crippen MR) is 87.4 cm³/mol. The van der Waals surface area contributed by atoms with Gasteiger partial charge in [0.1, 0.15) is 12.4 Å². The fourth-order valence-corrected chi connectivity index (χ4v) is 2.76. The summed E-state index contributed by atoms with van der Waals surface area (Å²) in [5, 5.41) is 6.27. The van der Waals surface area contributed by atoms with E-state index in [9.17, 15) is 4.79 Å². The van der Waals surface area contributed by atoms with Gasteiger partial charge in [-0.15, -0.1) is 0 Å². The first-order chi connectivity index (χ1) is 11.3. The van der Waals surface area contributed by atoms with E-state index in [4.69, 9.17) is 9.15 Å². The molecule has 1 aliphatic heterocycles. The molecule has 2 heterocycles. The highest BCUT2D eigenvalue weighted by Gasteiger charge is 2.17. The number of furan rings is 1. The Morgan fingerprint density at radius 3 is 2.96 bits per heavy atom. The van der Waals surface area contributed by atoms with E-state index in [1.54, 1.807) is 6.07 Å². The van der Waals surface area contributed by atoms with Crippen molar-refractivity contribution in [3.8, 4) is 5.75 Å². The number of carbonyl (C=O) groups excluding carboxylic acids is 1. The summed E-state index contributed by atoms with van der Waals surface area (Å²) in [6.07, 6.45) is 3.71. The molecule has 1 aromatic heterocycles. The molecule has 5 nitrogen and oxygen atoms in total. The lowest BCUT2D eigenvalue weighted by Crippen LogP contribution is -2.27. The summed E-state index contributed by atoms with van der Waals surface area (Å²) in [4.78, 5) is 12.2. The molecular weight excluding hydrogens is 292 g/mol. The van der Waals surface area contributed by atoms with E-state index in [-0.39, 0.29) is 5.91 Å². The van der Waals surface area contributed by atoms with Crippen molar-refractivity contribution < 1.29 is 13.9 Å². The highest BCUT2D eigenvalue weighted by Crippen LogP contribution is 2.16. The molecule has 0 saturated carbocycles. The second-order valence-electron chi connectivity index (χ2n) is 5.78. The van der Waals surface area contributed by atoms with Crippen molar-refractivity contribution in [3.05, 3.63) is 54.0 Å².